The van der Waals surface area contributed by atoms with Gasteiger partial charge in [0, 0.05) is 23.1 Å². The number of benzene rings is 1. The average Bonchev–Trinajstić information content (AvgIpc) is 3.44. The molecule has 0 N–H and O–H groups in total. The first-order valence-corrected chi connectivity index (χ1v) is 12.4. The van der Waals surface area contributed by atoms with Crippen molar-refractivity contribution in [2.24, 2.45) is 0 Å². The number of sulfone groups is 1. The van der Waals surface area contributed by atoms with E-state index in [1.54, 1.807) is 54.8 Å². The highest BCUT2D eigenvalue weighted by atomic mass is 32.2. The number of esters is 1. The zero-order chi connectivity index (χ0) is 23.8. The molecule has 0 radical (unpaired) electrons. The monoisotopic (exact) mass is 471 g/mol. The third-order valence-corrected chi connectivity index (χ3v) is 7.45. The first-order chi connectivity index (χ1) is 15.7. The van der Waals surface area contributed by atoms with Crippen LogP contribution in [-0.4, -0.2) is 54.2 Å². The molecule has 0 bridgehead atoms. The van der Waals surface area contributed by atoms with E-state index in [2.05, 4.69) is 5.16 Å². The van der Waals surface area contributed by atoms with Crippen LogP contribution in [0.1, 0.15) is 33.9 Å². The van der Waals surface area contributed by atoms with Crippen LogP contribution in [-0.2, 0) is 19.4 Å². The fraction of sp³-hybridized carbons (Fsp3) is 0.348. The van der Waals surface area contributed by atoms with Gasteiger partial charge in [0.2, 0.25) is 0 Å². The van der Waals surface area contributed by atoms with Crippen LogP contribution < -0.4 is 4.90 Å². The van der Waals surface area contributed by atoms with E-state index >= 15 is 0 Å². The lowest BCUT2D eigenvalue weighted by Crippen LogP contribution is -2.43. The molecule has 1 fully saturated rings. The van der Waals surface area contributed by atoms with Gasteiger partial charge >= 0.3 is 5.97 Å². The largest absolute Gasteiger partial charge is 0.452 e. The second-order valence-corrected chi connectivity index (χ2v) is 10.4. The molecule has 3 aromatic rings. The van der Waals surface area contributed by atoms with Crippen LogP contribution in [0.2, 0.25) is 0 Å². The Kier molecular flexibility index (Phi) is 6.11. The van der Waals surface area contributed by atoms with E-state index < -0.39 is 34.4 Å². The molecule has 4 rings (SSSR count). The smallest absolute Gasteiger partial charge is 0.340 e. The van der Waals surface area contributed by atoms with Crippen LogP contribution in [0.5, 0.6) is 0 Å². The molecular weight excluding hydrogens is 446 g/mol. The predicted molar refractivity (Wildman–Crippen MR) is 121 cm³/mol. The summed E-state index contributed by atoms with van der Waals surface area (Å²) in [7, 11) is -3.21. The Morgan fingerprint density at radius 3 is 2.52 bits per heavy atom. The number of carbonyl (C=O) groups excluding carboxylic acids is 2. The van der Waals surface area contributed by atoms with E-state index in [4.69, 9.17) is 9.26 Å². The number of nitrogens with zero attached hydrogens (tertiary/aromatic N) is 3. The maximum atomic E-state index is 13.1. The predicted octanol–water partition coefficient (Wildman–Crippen LogP) is 2.77. The molecule has 0 spiro atoms. The first-order valence-electron chi connectivity index (χ1n) is 10.5. The maximum Gasteiger partial charge on any atom is 0.340 e. The molecular formula is C23H25N3O6S. The van der Waals surface area contributed by atoms with Gasteiger partial charge in [-0.2, -0.15) is 0 Å². The van der Waals surface area contributed by atoms with Gasteiger partial charge in [0.15, 0.2) is 22.3 Å². The summed E-state index contributed by atoms with van der Waals surface area (Å²) in [5, 5.41) is 3.99. The molecule has 9 nitrogen and oxygen atoms in total. The third-order valence-electron chi connectivity index (χ3n) is 5.70. The Labute approximate surface area is 191 Å². The number of amides is 1. The zero-order valence-electron chi connectivity index (χ0n) is 18.6. The molecule has 0 aliphatic carbocycles. The van der Waals surface area contributed by atoms with Crippen molar-refractivity contribution in [1.82, 2.24) is 9.72 Å². The number of carbonyl (C=O) groups is 2. The summed E-state index contributed by atoms with van der Waals surface area (Å²) >= 11 is 0. The summed E-state index contributed by atoms with van der Waals surface area (Å²) in [6.07, 6.45) is 0.342. The molecule has 1 atom stereocenters. The molecule has 3 heterocycles. The molecule has 2 aromatic heterocycles. The molecule has 1 saturated heterocycles. The molecule has 1 aliphatic heterocycles. The summed E-state index contributed by atoms with van der Waals surface area (Å²) in [6, 6.07) is 11.7. The first kappa shape index (κ1) is 22.8. The summed E-state index contributed by atoms with van der Waals surface area (Å²) < 4.78 is 36.3. The molecule has 33 heavy (non-hydrogen) atoms. The fourth-order valence-electron chi connectivity index (χ4n) is 4.18. The normalized spacial score (nSPS) is 17.1. The third kappa shape index (κ3) is 4.70. The Morgan fingerprint density at radius 1 is 1.18 bits per heavy atom. The molecule has 174 valence electrons. The number of para-hydroxylation sites is 1. The summed E-state index contributed by atoms with van der Waals surface area (Å²) in [5.41, 5.74) is 2.26. The number of ether oxygens (including phenoxy) is 1. The van der Waals surface area contributed by atoms with E-state index in [0.717, 1.165) is 5.69 Å². The van der Waals surface area contributed by atoms with Crippen LogP contribution in [0.15, 0.2) is 47.0 Å². The van der Waals surface area contributed by atoms with Crippen LogP contribution in [0.4, 0.5) is 5.69 Å². The van der Waals surface area contributed by atoms with Gasteiger partial charge in [0.05, 0.1) is 23.1 Å². The number of hydrogen-bond acceptors (Lipinski definition) is 7. The lowest BCUT2D eigenvalue weighted by Gasteiger charge is -2.28. The number of aromatic nitrogens is 2. The molecule has 1 amide bonds. The van der Waals surface area contributed by atoms with Crippen molar-refractivity contribution >= 4 is 27.4 Å². The summed E-state index contributed by atoms with van der Waals surface area (Å²) in [5.74, 6) is -0.00781. The molecule has 10 heteroatoms. The van der Waals surface area contributed by atoms with Gasteiger partial charge < -0.3 is 14.2 Å². The van der Waals surface area contributed by atoms with Crippen molar-refractivity contribution in [3.05, 3.63) is 65.2 Å². The van der Waals surface area contributed by atoms with Crippen molar-refractivity contribution in [2.75, 3.05) is 23.0 Å². The minimum atomic E-state index is -3.21. The standard InChI is InChI=1S/C23H25N3O6S/c1-15-11-20(17(3)25(15)21-12-16(2)32-24-21)23(28)31-13-22(27)26(18-7-5-4-6-8-18)19-9-10-33(29,30)14-19/h4-8,11-12,19H,9-10,13-14H2,1-3H3. The lowest BCUT2D eigenvalue weighted by atomic mass is 10.2. The van der Waals surface area contributed by atoms with Crippen LogP contribution in [0, 0.1) is 20.8 Å². The number of anilines is 1. The maximum absolute atomic E-state index is 13.1. The quantitative estimate of drug-likeness (QED) is 0.508. The Bertz CT molecular complexity index is 1290. The van der Waals surface area contributed by atoms with E-state index in [9.17, 15) is 18.0 Å². The minimum absolute atomic E-state index is 0.0293. The Hall–Kier alpha value is -3.40. The number of rotatable bonds is 6. The van der Waals surface area contributed by atoms with E-state index in [0.29, 0.717) is 34.9 Å². The highest BCUT2D eigenvalue weighted by Gasteiger charge is 2.36. The molecule has 1 aromatic carbocycles. The van der Waals surface area contributed by atoms with Crippen LogP contribution in [0.3, 0.4) is 0 Å². The lowest BCUT2D eigenvalue weighted by molar-refractivity contribution is -0.122. The van der Waals surface area contributed by atoms with Crippen molar-refractivity contribution in [1.29, 1.82) is 0 Å². The summed E-state index contributed by atoms with van der Waals surface area (Å²) in [6.45, 7) is 4.86. The van der Waals surface area contributed by atoms with Gasteiger partial charge in [0.25, 0.3) is 5.91 Å². The van der Waals surface area contributed by atoms with Crippen molar-refractivity contribution in [3.63, 3.8) is 0 Å². The topological polar surface area (TPSA) is 112 Å². The zero-order valence-corrected chi connectivity index (χ0v) is 19.5. The average molecular weight is 472 g/mol. The number of hydrogen-bond donors (Lipinski definition) is 0. The fourth-order valence-corrected chi connectivity index (χ4v) is 5.88. The van der Waals surface area contributed by atoms with Gasteiger partial charge in [0.1, 0.15) is 5.76 Å². The van der Waals surface area contributed by atoms with Crippen molar-refractivity contribution in [2.45, 2.75) is 33.2 Å². The van der Waals surface area contributed by atoms with Gasteiger partial charge in [-0.25, -0.2) is 13.2 Å². The Balaban J connectivity index is 1.52. The minimum Gasteiger partial charge on any atom is -0.452 e. The second-order valence-electron chi connectivity index (χ2n) is 8.15. The second kappa shape index (κ2) is 8.86. The van der Waals surface area contributed by atoms with Gasteiger partial charge in [-0.05, 0) is 45.4 Å². The van der Waals surface area contributed by atoms with Crippen molar-refractivity contribution in [3.8, 4) is 5.82 Å². The van der Waals surface area contributed by atoms with Gasteiger partial charge in [-0.1, -0.05) is 23.4 Å². The van der Waals surface area contributed by atoms with Crippen LogP contribution in [0.25, 0.3) is 5.82 Å². The van der Waals surface area contributed by atoms with E-state index in [1.165, 1.54) is 4.90 Å². The van der Waals surface area contributed by atoms with Gasteiger partial charge in [-0.3, -0.25) is 9.36 Å². The van der Waals surface area contributed by atoms with E-state index in [-0.39, 0.29) is 11.5 Å². The SMILES string of the molecule is Cc1cc(-n2c(C)cc(C(=O)OCC(=O)N(c3ccccc3)C3CCS(=O)(=O)C3)c2C)no1. The Morgan fingerprint density at radius 2 is 1.91 bits per heavy atom. The highest BCUT2D eigenvalue weighted by Crippen LogP contribution is 2.25. The molecule has 0 saturated carbocycles. The molecule has 1 unspecified atom stereocenters. The highest BCUT2D eigenvalue weighted by molar-refractivity contribution is 7.91. The summed E-state index contributed by atoms with van der Waals surface area (Å²) in [4.78, 5) is 27.3. The van der Waals surface area contributed by atoms with Crippen LogP contribution >= 0.6 is 0 Å². The van der Waals surface area contributed by atoms with Gasteiger partial charge in [-0.15, -0.1) is 0 Å². The molecule has 1 aliphatic rings. The number of aryl methyl sites for hydroxylation is 2. The van der Waals surface area contributed by atoms with E-state index in [1.807, 2.05) is 13.0 Å². The van der Waals surface area contributed by atoms with Crippen molar-refractivity contribution < 1.29 is 27.3 Å².